The van der Waals surface area contributed by atoms with Crippen LogP contribution in [0.3, 0.4) is 0 Å². The van der Waals surface area contributed by atoms with Gasteiger partial charge in [-0.1, -0.05) is 17.4 Å². The molecule has 0 unspecified atom stereocenters. The Morgan fingerprint density at radius 1 is 1.20 bits per heavy atom. The molecule has 0 radical (unpaired) electrons. The van der Waals surface area contributed by atoms with Gasteiger partial charge >= 0.3 is 0 Å². The lowest BCUT2D eigenvalue weighted by molar-refractivity contribution is 0.620. The molecule has 1 heterocycles. The van der Waals surface area contributed by atoms with E-state index >= 15 is 0 Å². The zero-order valence-corrected chi connectivity index (χ0v) is 13.4. The Hall–Kier alpha value is -1.46. The maximum absolute atomic E-state index is 13.4. The van der Waals surface area contributed by atoms with E-state index in [0.717, 1.165) is 26.6 Å². The van der Waals surface area contributed by atoms with Crippen LogP contribution < -0.4 is 5.32 Å². The van der Waals surface area contributed by atoms with Crippen molar-refractivity contribution in [1.29, 1.82) is 0 Å². The Labute approximate surface area is 128 Å². The van der Waals surface area contributed by atoms with Gasteiger partial charge in [0.2, 0.25) is 0 Å². The molecule has 1 aromatic heterocycles. The Kier molecular flexibility index (Phi) is 3.48. The minimum absolute atomic E-state index is 0.257. The number of halogens is 2. The molecule has 102 valence electrons. The van der Waals surface area contributed by atoms with Crippen LogP contribution in [0.5, 0.6) is 0 Å². The second kappa shape index (κ2) is 5.14. The van der Waals surface area contributed by atoms with Crippen LogP contribution in [-0.2, 0) is 0 Å². The summed E-state index contributed by atoms with van der Waals surface area (Å²) in [5.74, 6) is -0.257. The molecule has 3 aromatic rings. The molecule has 0 aliphatic heterocycles. The quantitative estimate of drug-likeness (QED) is 0.654. The average Bonchev–Trinajstić information content (AvgIpc) is 2.77. The molecule has 0 spiro atoms. The lowest BCUT2D eigenvalue weighted by Crippen LogP contribution is -1.94. The highest BCUT2D eigenvalue weighted by atomic mass is 79.9. The van der Waals surface area contributed by atoms with Crippen LogP contribution in [0.15, 0.2) is 34.8 Å². The topological polar surface area (TPSA) is 24.9 Å². The molecule has 0 fully saturated rings. The first-order valence-corrected chi connectivity index (χ1v) is 7.74. The first-order valence-electron chi connectivity index (χ1n) is 6.13. The summed E-state index contributed by atoms with van der Waals surface area (Å²) in [4.78, 5) is 4.56. The maximum Gasteiger partial charge on any atom is 0.188 e. The number of aryl methyl sites for hydroxylation is 2. The van der Waals surface area contributed by atoms with Crippen LogP contribution in [-0.4, -0.2) is 4.98 Å². The van der Waals surface area contributed by atoms with E-state index in [9.17, 15) is 4.39 Å². The summed E-state index contributed by atoms with van der Waals surface area (Å²) < 4.78 is 15.0. The van der Waals surface area contributed by atoms with Gasteiger partial charge in [-0.3, -0.25) is 0 Å². The van der Waals surface area contributed by atoms with Crippen molar-refractivity contribution in [3.8, 4) is 0 Å². The average molecular weight is 351 g/mol. The second-order valence-electron chi connectivity index (χ2n) is 4.70. The van der Waals surface area contributed by atoms with Crippen molar-refractivity contribution < 1.29 is 4.39 Å². The van der Waals surface area contributed by atoms with Gasteiger partial charge in [-0.05, 0) is 65.2 Å². The van der Waals surface area contributed by atoms with Crippen molar-refractivity contribution in [2.75, 3.05) is 5.32 Å². The number of benzene rings is 2. The van der Waals surface area contributed by atoms with E-state index in [2.05, 4.69) is 44.4 Å². The third-order valence-electron chi connectivity index (χ3n) is 3.05. The molecule has 5 heteroatoms. The van der Waals surface area contributed by atoms with E-state index in [1.807, 2.05) is 13.8 Å². The first-order chi connectivity index (χ1) is 9.52. The minimum Gasteiger partial charge on any atom is -0.331 e. The number of rotatable bonds is 2. The Morgan fingerprint density at radius 3 is 2.80 bits per heavy atom. The maximum atomic E-state index is 13.4. The predicted molar refractivity (Wildman–Crippen MR) is 86.5 cm³/mol. The summed E-state index contributed by atoms with van der Waals surface area (Å²) >= 11 is 4.79. The molecule has 1 N–H and O–H groups in total. The molecule has 3 rings (SSSR count). The molecule has 0 aliphatic carbocycles. The third kappa shape index (κ3) is 2.55. The third-order valence-corrected chi connectivity index (χ3v) is 4.61. The normalized spacial score (nSPS) is 11.0. The predicted octanol–water partition coefficient (Wildman–Crippen LogP) is 5.56. The highest BCUT2D eigenvalue weighted by molar-refractivity contribution is 9.10. The molecule has 0 amide bonds. The van der Waals surface area contributed by atoms with Gasteiger partial charge in [0.25, 0.3) is 0 Å². The monoisotopic (exact) mass is 350 g/mol. The Morgan fingerprint density at radius 2 is 2.00 bits per heavy atom. The van der Waals surface area contributed by atoms with Crippen molar-refractivity contribution in [2.45, 2.75) is 13.8 Å². The minimum atomic E-state index is -0.257. The van der Waals surface area contributed by atoms with Crippen molar-refractivity contribution >= 4 is 48.3 Å². The number of fused-ring (bicyclic) bond motifs is 1. The fraction of sp³-hybridized carbons (Fsp3) is 0.133. The van der Waals surface area contributed by atoms with Crippen molar-refractivity contribution in [2.24, 2.45) is 0 Å². The molecule has 2 nitrogen and oxygen atoms in total. The number of nitrogens with zero attached hydrogens (tertiary/aromatic N) is 1. The van der Waals surface area contributed by atoms with E-state index in [-0.39, 0.29) is 5.82 Å². The van der Waals surface area contributed by atoms with Crippen molar-refractivity contribution in [3.63, 3.8) is 0 Å². The van der Waals surface area contributed by atoms with Gasteiger partial charge in [-0.2, -0.15) is 0 Å². The first kappa shape index (κ1) is 13.5. The van der Waals surface area contributed by atoms with Crippen molar-refractivity contribution in [3.05, 3.63) is 51.7 Å². The van der Waals surface area contributed by atoms with Gasteiger partial charge in [0.15, 0.2) is 5.13 Å². The van der Waals surface area contributed by atoms with Crippen LogP contribution in [0.2, 0.25) is 0 Å². The summed E-state index contributed by atoms with van der Waals surface area (Å²) in [6.45, 7) is 3.92. The Balaban J connectivity index is 1.99. The number of aromatic nitrogens is 1. The number of anilines is 2. The number of thiazole rings is 1. The Bertz CT molecular complexity index is 798. The fourth-order valence-corrected chi connectivity index (χ4v) is 3.19. The molecule has 0 saturated carbocycles. The number of hydrogen-bond acceptors (Lipinski definition) is 3. The molecule has 2 aromatic carbocycles. The molecule has 0 saturated heterocycles. The number of nitrogens with one attached hydrogen (secondary N) is 1. The molecule has 0 atom stereocenters. The van der Waals surface area contributed by atoms with Gasteiger partial charge in [0.1, 0.15) is 5.82 Å². The largest absolute Gasteiger partial charge is 0.331 e. The summed E-state index contributed by atoms with van der Waals surface area (Å²) in [7, 11) is 0. The zero-order valence-electron chi connectivity index (χ0n) is 11.0. The molecular weight excluding hydrogens is 339 g/mol. The summed E-state index contributed by atoms with van der Waals surface area (Å²) in [5, 5.41) is 4.07. The van der Waals surface area contributed by atoms with Gasteiger partial charge in [0.05, 0.1) is 14.7 Å². The smallest absolute Gasteiger partial charge is 0.188 e. The van der Waals surface area contributed by atoms with Crippen LogP contribution in [0.1, 0.15) is 11.1 Å². The van der Waals surface area contributed by atoms with E-state index in [1.165, 1.54) is 11.6 Å². The highest BCUT2D eigenvalue weighted by Gasteiger charge is 2.08. The fourth-order valence-electron chi connectivity index (χ4n) is 1.99. The van der Waals surface area contributed by atoms with E-state index in [1.54, 1.807) is 17.4 Å². The van der Waals surface area contributed by atoms with E-state index < -0.39 is 0 Å². The van der Waals surface area contributed by atoms with Crippen LogP contribution in [0, 0.1) is 19.7 Å². The lowest BCUT2D eigenvalue weighted by atomic mass is 10.2. The lowest BCUT2D eigenvalue weighted by Gasteiger charge is -2.07. The van der Waals surface area contributed by atoms with Gasteiger partial charge in [-0.25, -0.2) is 9.37 Å². The summed E-state index contributed by atoms with van der Waals surface area (Å²) in [6, 6.07) is 9.45. The van der Waals surface area contributed by atoms with Gasteiger partial charge in [-0.15, -0.1) is 0 Å². The molecule has 0 aliphatic rings. The van der Waals surface area contributed by atoms with Crippen LogP contribution in [0.25, 0.3) is 10.2 Å². The summed E-state index contributed by atoms with van der Waals surface area (Å²) in [5.41, 5.74) is 3.88. The number of hydrogen-bond donors (Lipinski definition) is 1. The molecular formula is C15H12BrFN2S. The van der Waals surface area contributed by atoms with Crippen LogP contribution >= 0.6 is 27.3 Å². The van der Waals surface area contributed by atoms with Crippen molar-refractivity contribution in [1.82, 2.24) is 4.98 Å². The van der Waals surface area contributed by atoms with E-state index in [0.29, 0.717) is 4.47 Å². The van der Waals surface area contributed by atoms with Gasteiger partial charge < -0.3 is 5.32 Å². The van der Waals surface area contributed by atoms with Gasteiger partial charge in [0, 0.05) is 5.69 Å². The molecule has 20 heavy (non-hydrogen) atoms. The zero-order chi connectivity index (χ0) is 14.3. The second-order valence-corrected chi connectivity index (χ2v) is 6.58. The standard InChI is InChI=1S/C15H12BrFN2S/c1-8-3-4-14-13(5-8)19-15(20-14)18-12-7-10(16)11(17)6-9(12)2/h3-7H,1-2H3,(H,18,19). The SMILES string of the molecule is Cc1ccc2sc(Nc3cc(Br)c(F)cc3C)nc2c1. The highest BCUT2D eigenvalue weighted by Crippen LogP contribution is 2.31. The molecule has 0 bridgehead atoms. The van der Waals surface area contributed by atoms with E-state index in [4.69, 9.17) is 0 Å². The summed E-state index contributed by atoms with van der Waals surface area (Å²) in [6.07, 6.45) is 0. The van der Waals surface area contributed by atoms with Crippen LogP contribution in [0.4, 0.5) is 15.2 Å².